The Balaban J connectivity index is 1.70. The Morgan fingerprint density at radius 3 is 2.50 bits per heavy atom. The number of hydrogen-bond acceptors (Lipinski definition) is 4. The predicted molar refractivity (Wildman–Crippen MR) is 98.7 cm³/mol. The van der Waals surface area contributed by atoms with E-state index in [2.05, 4.69) is 10.3 Å². The lowest BCUT2D eigenvalue weighted by molar-refractivity contribution is -0.115. The first-order valence-corrected chi connectivity index (χ1v) is 8.15. The van der Waals surface area contributed by atoms with Gasteiger partial charge in [0.15, 0.2) is 0 Å². The molecule has 0 aliphatic heterocycles. The Morgan fingerprint density at radius 2 is 1.85 bits per heavy atom. The van der Waals surface area contributed by atoms with Crippen LogP contribution in [-0.2, 0) is 11.2 Å². The molecule has 0 unspecified atom stereocenters. The topological polar surface area (TPSA) is 98.2 Å². The fraction of sp³-hybridized carbons (Fsp3) is 0.150. The third-order valence-electron chi connectivity index (χ3n) is 3.94. The molecule has 0 fully saturated rings. The van der Waals surface area contributed by atoms with Crippen molar-refractivity contribution < 1.29 is 14.0 Å². The number of aryl methyl sites for hydroxylation is 2. The summed E-state index contributed by atoms with van der Waals surface area (Å²) in [7, 11) is 0. The smallest absolute Gasteiger partial charge is 0.248 e. The van der Waals surface area contributed by atoms with Crippen LogP contribution in [-0.4, -0.2) is 16.8 Å². The van der Waals surface area contributed by atoms with Crippen LogP contribution in [0, 0.1) is 13.8 Å². The van der Waals surface area contributed by atoms with Crippen LogP contribution in [0.2, 0.25) is 0 Å². The maximum absolute atomic E-state index is 12.3. The minimum atomic E-state index is -0.509. The number of nitrogens with one attached hydrogen (secondary N) is 1. The zero-order chi connectivity index (χ0) is 18.7. The second kappa shape index (κ2) is 7.23. The highest BCUT2D eigenvalue weighted by Crippen LogP contribution is 2.23. The van der Waals surface area contributed by atoms with Crippen molar-refractivity contribution in [2.24, 2.45) is 5.73 Å². The van der Waals surface area contributed by atoms with E-state index in [4.69, 9.17) is 10.2 Å². The number of primary amides is 1. The molecule has 2 aromatic carbocycles. The van der Waals surface area contributed by atoms with Crippen LogP contribution in [0.15, 0.2) is 52.9 Å². The van der Waals surface area contributed by atoms with Crippen LogP contribution in [0.1, 0.15) is 27.4 Å². The molecule has 0 aliphatic rings. The monoisotopic (exact) mass is 349 g/mol. The normalized spacial score (nSPS) is 10.5. The van der Waals surface area contributed by atoms with Crippen LogP contribution in [0.4, 0.5) is 5.69 Å². The number of oxazole rings is 1. The van der Waals surface area contributed by atoms with E-state index in [-0.39, 0.29) is 12.3 Å². The molecule has 3 rings (SSSR count). The van der Waals surface area contributed by atoms with Crippen molar-refractivity contribution in [3.8, 4) is 11.5 Å². The van der Waals surface area contributed by atoms with E-state index >= 15 is 0 Å². The fourth-order valence-electron chi connectivity index (χ4n) is 2.57. The molecule has 0 radical (unpaired) electrons. The van der Waals surface area contributed by atoms with E-state index in [1.54, 1.807) is 31.2 Å². The molecule has 132 valence electrons. The van der Waals surface area contributed by atoms with Crippen molar-refractivity contribution >= 4 is 17.5 Å². The van der Waals surface area contributed by atoms with Gasteiger partial charge < -0.3 is 15.5 Å². The summed E-state index contributed by atoms with van der Waals surface area (Å²) in [6.07, 6.45) is 0.0960. The minimum absolute atomic E-state index is 0.0960. The summed E-state index contributed by atoms with van der Waals surface area (Å²) in [6.45, 7) is 3.79. The molecule has 0 bridgehead atoms. The van der Waals surface area contributed by atoms with Gasteiger partial charge in [-0.1, -0.05) is 17.7 Å². The largest absolute Gasteiger partial charge is 0.441 e. The van der Waals surface area contributed by atoms with Gasteiger partial charge in [-0.15, -0.1) is 0 Å². The molecule has 0 saturated heterocycles. The average molecular weight is 349 g/mol. The summed E-state index contributed by atoms with van der Waals surface area (Å²) in [5, 5.41) is 2.77. The number of benzene rings is 2. The first-order valence-electron chi connectivity index (χ1n) is 8.15. The highest BCUT2D eigenvalue weighted by atomic mass is 16.4. The molecule has 1 aromatic heterocycles. The lowest BCUT2D eigenvalue weighted by Crippen LogP contribution is -2.15. The molecular weight excluding hydrogens is 330 g/mol. The number of rotatable bonds is 5. The first kappa shape index (κ1) is 17.4. The number of hydrogen-bond donors (Lipinski definition) is 2. The Bertz CT molecular complexity index is 959. The van der Waals surface area contributed by atoms with Gasteiger partial charge in [0.1, 0.15) is 5.76 Å². The van der Waals surface area contributed by atoms with E-state index in [0.717, 1.165) is 11.1 Å². The van der Waals surface area contributed by atoms with Gasteiger partial charge in [-0.05, 0) is 50.2 Å². The van der Waals surface area contributed by atoms with E-state index in [9.17, 15) is 9.59 Å². The van der Waals surface area contributed by atoms with Gasteiger partial charge in [0.2, 0.25) is 17.7 Å². The van der Waals surface area contributed by atoms with Gasteiger partial charge in [0.05, 0.1) is 12.1 Å². The third kappa shape index (κ3) is 3.97. The summed E-state index contributed by atoms with van der Waals surface area (Å²) in [4.78, 5) is 27.8. The van der Waals surface area contributed by atoms with Crippen LogP contribution >= 0.6 is 0 Å². The summed E-state index contributed by atoms with van der Waals surface area (Å²) >= 11 is 0. The third-order valence-corrected chi connectivity index (χ3v) is 3.94. The lowest BCUT2D eigenvalue weighted by atomic mass is 10.1. The predicted octanol–water partition coefficient (Wildman–Crippen LogP) is 3.24. The maximum Gasteiger partial charge on any atom is 0.248 e. The Morgan fingerprint density at radius 1 is 1.12 bits per heavy atom. The SMILES string of the molecule is Cc1cccc(-c2nc(CC(=O)Nc3ccc(C(N)=O)cc3)c(C)o2)c1. The number of carbonyl (C=O) groups is 2. The van der Waals surface area contributed by atoms with Crippen LogP contribution in [0.3, 0.4) is 0 Å². The zero-order valence-corrected chi connectivity index (χ0v) is 14.6. The molecule has 0 saturated carbocycles. The second-order valence-corrected chi connectivity index (χ2v) is 6.06. The molecule has 0 aliphatic carbocycles. The molecule has 6 nitrogen and oxygen atoms in total. The molecule has 0 spiro atoms. The minimum Gasteiger partial charge on any atom is -0.441 e. The Labute approximate surface area is 151 Å². The van der Waals surface area contributed by atoms with Crippen LogP contribution in [0.25, 0.3) is 11.5 Å². The Hall–Kier alpha value is -3.41. The molecule has 26 heavy (non-hydrogen) atoms. The van der Waals surface area contributed by atoms with Gasteiger partial charge in [-0.2, -0.15) is 0 Å². The van der Waals surface area contributed by atoms with Gasteiger partial charge in [0.25, 0.3) is 0 Å². The van der Waals surface area contributed by atoms with E-state index in [1.165, 1.54) is 0 Å². The second-order valence-electron chi connectivity index (χ2n) is 6.06. The van der Waals surface area contributed by atoms with Crippen molar-refractivity contribution in [2.75, 3.05) is 5.32 Å². The highest BCUT2D eigenvalue weighted by Gasteiger charge is 2.15. The molecule has 3 N–H and O–H groups in total. The van der Waals surface area contributed by atoms with Crippen LogP contribution in [0.5, 0.6) is 0 Å². The number of amides is 2. The zero-order valence-electron chi connectivity index (χ0n) is 14.6. The fourth-order valence-corrected chi connectivity index (χ4v) is 2.57. The van der Waals surface area contributed by atoms with Gasteiger partial charge >= 0.3 is 0 Å². The van der Waals surface area contributed by atoms with E-state index in [0.29, 0.717) is 28.6 Å². The average Bonchev–Trinajstić information content (AvgIpc) is 2.96. The first-order chi connectivity index (χ1) is 12.4. The summed E-state index contributed by atoms with van der Waals surface area (Å²) in [5.74, 6) is 0.384. The van der Waals surface area contributed by atoms with Crippen molar-refractivity contribution in [3.05, 3.63) is 71.1 Å². The summed E-state index contributed by atoms with van der Waals surface area (Å²) < 4.78 is 5.71. The lowest BCUT2D eigenvalue weighted by Gasteiger charge is -2.04. The number of carbonyl (C=O) groups excluding carboxylic acids is 2. The molecule has 3 aromatic rings. The van der Waals surface area contributed by atoms with Gasteiger partial charge in [0, 0.05) is 16.8 Å². The highest BCUT2D eigenvalue weighted by molar-refractivity contribution is 5.95. The van der Waals surface area contributed by atoms with Crippen molar-refractivity contribution in [1.29, 1.82) is 0 Å². The Kier molecular flexibility index (Phi) is 4.84. The quantitative estimate of drug-likeness (QED) is 0.739. The summed E-state index contributed by atoms with van der Waals surface area (Å²) in [6, 6.07) is 14.2. The molecule has 1 heterocycles. The summed E-state index contributed by atoms with van der Waals surface area (Å²) in [5.41, 5.74) is 8.74. The molecule has 2 amide bonds. The number of anilines is 1. The van der Waals surface area contributed by atoms with Gasteiger partial charge in [-0.3, -0.25) is 9.59 Å². The van der Waals surface area contributed by atoms with Crippen molar-refractivity contribution in [2.45, 2.75) is 20.3 Å². The molecular formula is C20H19N3O3. The van der Waals surface area contributed by atoms with Crippen LogP contribution < -0.4 is 11.1 Å². The van der Waals surface area contributed by atoms with E-state index < -0.39 is 5.91 Å². The molecule has 0 atom stereocenters. The van der Waals surface area contributed by atoms with Crippen molar-refractivity contribution in [1.82, 2.24) is 4.98 Å². The number of nitrogens with zero attached hydrogens (tertiary/aromatic N) is 1. The molecule has 6 heteroatoms. The maximum atomic E-state index is 12.3. The number of aromatic nitrogens is 1. The standard InChI is InChI=1S/C20H19N3O3/c1-12-4-3-5-15(10-12)20-23-17(13(2)26-20)11-18(24)22-16-8-6-14(7-9-16)19(21)25/h3-10H,11H2,1-2H3,(H2,21,25)(H,22,24). The van der Waals surface area contributed by atoms with E-state index in [1.807, 2.05) is 31.2 Å². The van der Waals surface area contributed by atoms with Gasteiger partial charge in [-0.25, -0.2) is 4.98 Å². The van der Waals surface area contributed by atoms with Crippen molar-refractivity contribution in [3.63, 3.8) is 0 Å². The number of nitrogens with two attached hydrogens (primary N) is 1.